The maximum absolute atomic E-state index is 12.7. The summed E-state index contributed by atoms with van der Waals surface area (Å²) in [6.45, 7) is 3.97. The van der Waals surface area contributed by atoms with Crippen molar-refractivity contribution in [2.45, 2.75) is 32.8 Å². The summed E-state index contributed by atoms with van der Waals surface area (Å²) in [7, 11) is 0. The number of rotatable bonds is 11. The van der Waals surface area contributed by atoms with Gasteiger partial charge in [-0.05, 0) is 54.8 Å². The topological polar surface area (TPSA) is 141 Å². The van der Waals surface area contributed by atoms with Gasteiger partial charge in [-0.3, -0.25) is 15.3 Å². The van der Waals surface area contributed by atoms with Crippen LogP contribution >= 0.6 is 0 Å². The van der Waals surface area contributed by atoms with Crippen molar-refractivity contribution < 1.29 is 29.4 Å². The highest BCUT2D eigenvalue weighted by Crippen LogP contribution is 2.41. The van der Waals surface area contributed by atoms with Gasteiger partial charge in [0.25, 0.3) is 5.91 Å². The van der Waals surface area contributed by atoms with Crippen LogP contribution in [0.25, 0.3) is 0 Å². The van der Waals surface area contributed by atoms with E-state index >= 15 is 0 Å². The maximum atomic E-state index is 12.7. The fraction of sp³-hybridized carbons (Fsp3) is 0.320. The predicted octanol–water partition coefficient (Wildman–Crippen LogP) is 4.09. The first kappa shape index (κ1) is 26.4. The summed E-state index contributed by atoms with van der Waals surface area (Å²) in [4.78, 5) is 23.9. The number of aliphatic hydroxyl groups is 1. The third-order valence-corrected chi connectivity index (χ3v) is 5.07. The van der Waals surface area contributed by atoms with Gasteiger partial charge >= 0.3 is 6.09 Å². The Hall–Kier alpha value is -3.87. The summed E-state index contributed by atoms with van der Waals surface area (Å²) < 4.78 is 11.2. The van der Waals surface area contributed by atoms with Crippen molar-refractivity contribution >= 4 is 17.7 Å². The third-order valence-electron chi connectivity index (χ3n) is 5.07. The van der Waals surface area contributed by atoms with Gasteiger partial charge in [-0.2, -0.15) is 5.26 Å². The number of nitrogens with zero attached hydrogens (tertiary/aromatic N) is 1. The van der Waals surface area contributed by atoms with Crippen LogP contribution in [0.1, 0.15) is 43.9 Å². The molecule has 4 N–H and O–H groups in total. The van der Waals surface area contributed by atoms with Crippen molar-refractivity contribution in [2.24, 2.45) is 5.41 Å². The number of anilines is 1. The smallest absolute Gasteiger partial charge is 0.412 e. The molecular weight excluding hydrogens is 438 g/mol. The molecule has 9 nitrogen and oxygen atoms in total. The van der Waals surface area contributed by atoms with Crippen molar-refractivity contribution in [1.82, 2.24) is 5.48 Å². The van der Waals surface area contributed by atoms with Gasteiger partial charge in [-0.15, -0.1) is 0 Å². The molecule has 1 atom stereocenters. The Balaban J connectivity index is 2.19. The minimum absolute atomic E-state index is 0.0993. The van der Waals surface area contributed by atoms with Gasteiger partial charge in [0.05, 0.1) is 18.2 Å². The molecule has 180 valence electrons. The lowest BCUT2D eigenvalue weighted by atomic mass is 9.78. The van der Waals surface area contributed by atoms with Crippen molar-refractivity contribution in [3.05, 3.63) is 71.8 Å². The molecule has 0 radical (unpaired) electrons. The second-order valence-electron chi connectivity index (χ2n) is 8.15. The number of hydrogen-bond acceptors (Lipinski definition) is 7. The van der Waals surface area contributed by atoms with Crippen molar-refractivity contribution in [3.8, 4) is 11.8 Å². The van der Waals surface area contributed by atoms with Crippen molar-refractivity contribution in [2.75, 3.05) is 18.5 Å². The minimum Gasteiger partial charge on any atom is -0.491 e. The number of allylic oxidation sites excluding steroid dienone is 1. The van der Waals surface area contributed by atoms with E-state index in [-0.39, 0.29) is 13.2 Å². The quantitative estimate of drug-likeness (QED) is 0.222. The van der Waals surface area contributed by atoms with Gasteiger partial charge in [0.15, 0.2) is 0 Å². The van der Waals surface area contributed by atoms with Crippen molar-refractivity contribution in [1.29, 1.82) is 5.26 Å². The van der Waals surface area contributed by atoms with E-state index in [2.05, 4.69) is 5.32 Å². The Labute approximate surface area is 198 Å². The molecule has 2 aromatic rings. The normalized spacial score (nSPS) is 12.0. The maximum Gasteiger partial charge on any atom is 0.412 e. The molecular formula is C25H29N3O6. The van der Waals surface area contributed by atoms with E-state index in [9.17, 15) is 9.59 Å². The van der Waals surface area contributed by atoms with Gasteiger partial charge in [-0.1, -0.05) is 32.1 Å². The highest BCUT2D eigenvalue weighted by Gasteiger charge is 2.34. The average Bonchev–Trinajstić information content (AvgIpc) is 2.84. The SMILES string of the molecule is CC(C)(CC/C=C/C(=O)NO)[C@@H](OC(=O)Nc1ccc(C#N)cc1)c1ccc(OCCO)cc1. The lowest BCUT2D eigenvalue weighted by molar-refractivity contribution is -0.124. The first-order chi connectivity index (χ1) is 16.3. The lowest BCUT2D eigenvalue weighted by Gasteiger charge is -2.34. The van der Waals surface area contributed by atoms with E-state index in [0.717, 1.165) is 5.56 Å². The molecule has 0 fully saturated rings. The van der Waals surface area contributed by atoms with Crippen LogP contribution in [0.3, 0.4) is 0 Å². The van der Waals surface area contributed by atoms with Crippen LogP contribution in [0.2, 0.25) is 0 Å². The summed E-state index contributed by atoms with van der Waals surface area (Å²) >= 11 is 0. The number of hydroxylamine groups is 1. The highest BCUT2D eigenvalue weighted by molar-refractivity contribution is 5.86. The fourth-order valence-electron chi connectivity index (χ4n) is 3.28. The number of nitrogens with one attached hydrogen (secondary N) is 2. The van der Waals surface area contributed by atoms with Crippen LogP contribution in [0.15, 0.2) is 60.7 Å². The molecule has 0 bridgehead atoms. The van der Waals surface area contributed by atoms with E-state index in [1.807, 2.05) is 19.9 Å². The molecule has 0 heterocycles. The summed E-state index contributed by atoms with van der Waals surface area (Å²) in [5.74, 6) is -0.0415. The van der Waals surface area contributed by atoms with Gasteiger partial charge in [0.2, 0.25) is 0 Å². The largest absolute Gasteiger partial charge is 0.491 e. The second-order valence-corrected chi connectivity index (χ2v) is 8.15. The van der Waals surface area contributed by atoms with E-state index in [4.69, 9.17) is 25.0 Å². The highest BCUT2D eigenvalue weighted by atomic mass is 16.6. The third kappa shape index (κ3) is 8.24. The summed E-state index contributed by atoms with van der Waals surface area (Å²) in [5, 5.41) is 29.1. The first-order valence-electron chi connectivity index (χ1n) is 10.7. The molecule has 2 aromatic carbocycles. The first-order valence-corrected chi connectivity index (χ1v) is 10.7. The number of amides is 2. The number of carbonyl (C=O) groups excluding carboxylic acids is 2. The Morgan fingerprint density at radius 3 is 2.41 bits per heavy atom. The molecule has 0 aliphatic carbocycles. The molecule has 2 amide bonds. The van der Waals surface area contributed by atoms with Crippen LogP contribution in [-0.2, 0) is 9.53 Å². The number of hydrogen-bond donors (Lipinski definition) is 4. The van der Waals surface area contributed by atoms with Crippen LogP contribution in [0.5, 0.6) is 5.75 Å². The van der Waals surface area contributed by atoms with Gasteiger partial charge < -0.3 is 14.6 Å². The number of benzene rings is 2. The second kappa shape index (κ2) is 13.0. The zero-order valence-corrected chi connectivity index (χ0v) is 19.2. The minimum atomic E-state index is -0.654. The van der Waals surface area contributed by atoms with Gasteiger partial charge in [0, 0.05) is 17.2 Å². The molecule has 0 aliphatic rings. The van der Waals surface area contributed by atoms with E-state index in [1.54, 1.807) is 54.6 Å². The number of aliphatic hydroxyl groups excluding tert-OH is 1. The average molecular weight is 468 g/mol. The fourth-order valence-corrected chi connectivity index (χ4v) is 3.28. The monoisotopic (exact) mass is 467 g/mol. The molecule has 0 saturated carbocycles. The van der Waals surface area contributed by atoms with Crippen LogP contribution in [0.4, 0.5) is 10.5 Å². The lowest BCUT2D eigenvalue weighted by Crippen LogP contribution is -2.29. The van der Waals surface area contributed by atoms with E-state index < -0.39 is 23.5 Å². The number of ether oxygens (including phenoxy) is 2. The zero-order chi connectivity index (χ0) is 25.0. The molecule has 0 unspecified atom stereocenters. The molecule has 0 spiro atoms. The van der Waals surface area contributed by atoms with Crippen LogP contribution in [-0.4, -0.2) is 35.5 Å². The Kier molecular flexibility index (Phi) is 10.1. The molecule has 9 heteroatoms. The molecule has 2 rings (SSSR count). The molecule has 0 aromatic heterocycles. The molecule has 0 saturated heterocycles. The Morgan fingerprint density at radius 2 is 1.82 bits per heavy atom. The Morgan fingerprint density at radius 1 is 1.15 bits per heavy atom. The predicted molar refractivity (Wildman–Crippen MR) is 125 cm³/mol. The van der Waals surface area contributed by atoms with Gasteiger partial charge in [0.1, 0.15) is 18.5 Å². The number of carbonyl (C=O) groups is 2. The van der Waals surface area contributed by atoms with E-state index in [1.165, 1.54) is 11.6 Å². The van der Waals surface area contributed by atoms with Crippen LogP contribution < -0.4 is 15.5 Å². The van der Waals surface area contributed by atoms with Gasteiger partial charge in [-0.25, -0.2) is 10.3 Å². The molecule has 34 heavy (non-hydrogen) atoms. The number of nitriles is 1. The van der Waals surface area contributed by atoms with E-state index in [0.29, 0.717) is 29.8 Å². The summed E-state index contributed by atoms with van der Waals surface area (Å²) in [6, 6.07) is 15.5. The molecule has 0 aliphatic heterocycles. The zero-order valence-electron chi connectivity index (χ0n) is 19.2. The van der Waals surface area contributed by atoms with Crippen molar-refractivity contribution in [3.63, 3.8) is 0 Å². The Bertz CT molecular complexity index is 1010. The standard InChI is InChI=1S/C25H29N3O6/c1-25(2,14-4-3-5-22(30)28-32)23(19-8-12-21(13-9-19)33-16-15-29)34-24(31)27-20-10-6-18(17-26)7-11-20/h3,5-13,23,29,32H,4,14-16H2,1-2H3,(H,27,31)(H,28,30)/b5-3+/t23-/m0/s1. The summed E-state index contributed by atoms with van der Waals surface area (Å²) in [5.41, 5.74) is 2.72. The summed E-state index contributed by atoms with van der Waals surface area (Å²) in [6.07, 6.45) is 2.65. The van der Waals surface area contributed by atoms with Crippen LogP contribution in [0, 0.1) is 16.7 Å².